The van der Waals surface area contributed by atoms with Gasteiger partial charge < -0.3 is 15.4 Å². The van der Waals surface area contributed by atoms with E-state index < -0.39 is 0 Å². The van der Waals surface area contributed by atoms with E-state index in [1.807, 2.05) is 12.1 Å². The number of pyridine rings is 1. The summed E-state index contributed by atoms with van der Waals surface area (Å²) in [6, 6.07) is 3.95. The van der Waals surface area contributed by atoms with Gasteiger partial charge in [0.25, 0.3) is 0 Å². The van der Waals surface area contributed by atoms with Crippen molar-refractivity contribution in [3.63, 3.8) is 0 Å². The maximum atomic E-state index is 11.8. The zero-order valence-electron chi connectivity index (χ0n) is 10.6. The fourth-order valence-corrected chi connectivity index (χ4v) is 2.13. The van der Waals surface area contributed by atoms with Crippen molar-refractivity contribution in [1.29, 1.82) is 0 Å². The van der Waals surface area contributed by atoms with Gasteiger partial charge in [-0.2, -0.15) is 0 Å². The van der Waals surface area contributed by atoms with Crippen LogP contribution < -0.4 is 10.6 Å². The molecule has 1 fully saturated rings. The number of hydrogen-bond donors (Lipinski definition) is 2. The van der Waals surface area contributed by atoms with Crippen molar-refractivity contribution in [2.45, 2.75) is 25.0 Å². The van der Waals surface area contributed by atoms with Crippen LogP contribution in [0.2, 0.25) is 0 Å². The largest absolute Gasteiger partial charge is 0.378 e. The average Bonchev–Trinajstić information content (AvgIpc) is 2.85. The minimum Gasteiger partial charge on any atom is -0.378 e. The highest BCUT2D eigenvalue weighted by Crippen LogP contribution is 2.05. The monoisotopic (exact) mass is 249 g/mol. The van der Waals surface area contributed by atoms with E-state index in [9.17, 15) is 4.79 Å². The number of nitrogens with zero attached hydrogens (tertiary/aromatic N) is 1. The summed E-state index contributed by atoms with van der Waals surface area (Å²) in [6.45, 7) is 1.57. The maximum Gasteiger partial charge on any atom is 0.220 e. The molecule has 1 unspecified atom stereocenters. The van der Waals surface area contributed by atoms with Gasteiger partial charge in [-0.05, 0) is 24.1 Å². The molecular formula is C13H19N3O2. The highest BCUT2D eigenvalue weighted by Gasteiger charge is 2.27. The van der Waals surface area contributed by atoms with Gasteiger partial charge in [-0.1, -0.05) is 0 Å². The lowest BCUT2D eigenvalue weighted by atomic mass is 10.1. The lowest BCUT2D eigenvalue weighted by Gasteiger charge is -2.18. The molecule has 2 atom stereocenters. The highest BCUT2D eigenvalue weighted by molar-refractivity contribution is 5.76. The van der Waals surface area contributed by atoms with Crippen LogP contribution >= 0.6 is 0 Å². The number of aromatic nitrogens is 1. The molecule has 2 heterocycles. The summed E-state index contributed by atoms with van der Waals surface area (Å²) in [5.41, 5.74) is 1.13. The van der Waals surface area contributed by atoms with Gasteiger partial charge in [0, 0.05) is 39.0 Å². The van der Waals surface area contributed by atoms with E-state index in [0.29, 0.717) is 6.42 Å². The van der Waals surface area contributed by atoms with Crippen LogP contribution in [0.4, 0.5) is 0 Å². The molecule has 0 saturated carbocycles. The quantitative estimate of drug-likeness (QED) is 0.778. The van der Waals surface area contributed by atoms with Crippen molar-refractivity contribution < 1.29 is 9.53 Å². The molecule has 1 aromatic rings. The van der Waals surface area contributed by atoms with E-state index in [1.54, 1.807) is 19.5 Å². The molecule has 0 spiro atoms. The first-order valence-corrected chi connectivity index (χ1v) is 6.21. The summed E-state index contributed by atoms with van der Waals surface area (Å²) in [7, 11) is 1.67. The van der Waals surface area contributed by atoms with Crippen LogP contribution in [0, 0.1) is 0 Å². The predicted molar refractivity (Wildman–Crippen MR) is 68.2 cm³/mol. The molecule has 0 aromatic carbocycles. The molecule has 0 aliphatic carbocycles. The topological polar surface area (TPSA) is 63.2 Å². The number of amides is 1. The number of aryl methyl sites for hydroxylation is 1. The Morgan fingerprint density at radius 1 is 1.50 bits per heavy atom. The van der Waals surface area contributed by atoms with Gasteiger partial charge in [-0.15, -0.1) is 0 Å². The zero-order chi connectivity index (χ0) is 12.8. The first-order valence-electron chi connectivity index (χ1n) is 6.21. The molecule has 0 radical (unpaired) electrons. The molecule has 98 valence electrons. The number of ether oxygens (including phenoxy) is 1. The first-order chi connectivity index (χ1) is 8.79. The lowest BCUT2D eigenvalue weighted by molar-refractivity contribution is -0.122. The smallest absolute Gasteiger partial charge is 0.220 e. The lowest BCUT2D eigenvalue weighted by Crippen LogP contribution is -2.43. The van der Waals surface area contributed by atoms with Crippen molar-refractivity contribution >= 4 is 5.91 Å². The molecule has 0 bridgehead atoms. The van der Waals surface area contributed by atoms with Gasteiger partial charge >= 0.3 is 0 Å². The van der Waals surface area contributed by atoms with Crippen molar-refractivity contribution in [3.8, 4) is 0 Å². The molecule has 2 rings (SSSR count). The molecule has 1 aliphatic heterocycles. The Hall–Kier alpha value is -1.46. The molecular weight excluding hydrogens is 230 g/mol. The van der Waals surface area contributed by atoms with Gasteiger partial charge in [0.05, 0.1) is 12.1 Å². The molecule has 1 aromatic heterocycles. The summed E-state index contributed by atoms with van der Waals surface area (Å²) in [5, 5.41) is 6.21. The third-order valence-corrected chi connectivity index (χ3v) is 3.20. The van der Waals surface area contributed by atoms with Crippen molar-refractivity contribution in [2.24, 2.45) is 0 Å². The number of rotatable bonds is 5. The van der Waals surface area contributed by atoms with Crippen LogP contribution in [0.3, 0.4) is 0 Å². The molecule has 5 nitrogen and oxygen atoms in total. The normalized spacial score (nSPS) is 22.9. The first kappa shape index (κ1) is 13.0. The van der Waals surface area contributed by atoms with E-state index in [4.69, 9.17) is 4.74 Å². The third-order valence-electron chi connectivity index (χ3n) is 3.20. The van der Waals surface area contributed by atoms with E-state index in [1.165, 1.54) is 0 Å². The second-order valence-electron chi connectivity index (χ2n) is 4.46. The fourth-order valence-electron chi connectivity index (χ4n) is 2.13. The van der Waals surface area contributed by atoms with E-state index in [2.05, 4.69) is 15.6 Å². The molecule has 1 amide bonds. The number of carbonyl (C=O) groups excluding carboxylic acids is 1. The Balaban J connectivity index is 1.75. The summed E-state index contributed by atoms with van der Waals surface area (Å²) in [6.07, 6.45) is 4.81. The molecule has 5 heteroatoms. The second-order valence-corrected chi connectivity index (χ2v) is 4.46. The van der Waals surface area contributed by atoms with Crippen LogP contribution in [-0.2, 0) is 16.0 Å². The van der Waals surface area contributed by atoms with E-state index >= 15 is 0 Å². The molecule has 1 saturated heterocycles. The highest BCUT2D eigenvalue weighted by atomic mass is 16.5. The van der Waals surface area contributed by atoms with Crippen molar-refractivity contribution in [2.75, 3.05) is 20.2 Å². The summed E-state index contributed by atoms with van der Waals surface area (Å²) < 4.78 is 5.30. The average molecular weight is 249 g/mol. The van der Waals surface area contributed by atoms with Gasteiger partial charge in [0.1, 0.15) is 0 Å². The van der Waals surface area contributed by atoms with Crippen LogP contribution in [0.15, 0.2) is 24.5 Å². The Bertz CT molecular complexity index is 383. The van der Waals surface area contributed by atoms with Gasteiger partial charge in [-0.25, -0.2) is 0 Å². The number of carbonyl (C=O) groups is 1. The van der Waals surface area contributed by atoms with Crippen LogP contribution in [-0.4, -0.2) is 43.2 Å². The zero-order valence-corrected chi connectivity index (χ0v) is 10.6. The molecule has 18 heavy (non-hydrogen) atoms. The summed E-state index contributed by atoms with van der Waals surface area (Å²) >= 11 is 0. The summed E-state index contributed by atoms with van der Waals surface area (Å²) in [4.78, 5) is 15.8. The summed E-state index contributed by atoms with van der Waals surface area (Å²) in [5.74, 6) is 0.0718. The Kier molecular flexibility index (Phi) is 4.66. The Morgan fingerprint density at radius 3 is 3.00 bits per heavy atom. The van der Waals surface area contributed by atoms with Crippen molar-refractivity contribution in [1.82, 2.24) is 15.6 Å². The maximum absolute atomic E-state index is 11.8. The number of methoxy groups -OCH3 is 1. The molecule has 1 aliphatic rings. The third kappa shape index (κ3) is 3.51. The van der Waals surface area contributed by atoms with Crippen LogP contribution in [0.25, 0.3) is 0 Å². The van der Waals surface area contributed by atoms with Crippen LogP contribution in [0.5, 0.6) is 0 Å². The molecule has 2 N–H and O–H groups in total. The Morgan fingerprint density at radius 2 is 2.28 bits per heavy atom. The van der Waals surface area contributed by atoms with Crippen LogP contribution in [0.1, 0.15) is 12.0 Å². The predicted octanol–water partition coefficient (Wildman–Crippen LogP) is 0.117. The SMILES string of the molecule is CO[C@H]1CNCC1NC(=O)CCc1ccncc1. The van der Waals surface area contributed by atoms with Gasteiger partial charge in [0.15, 0.2) is 0 Å². The number of nitrogens with one attached hydrogen (secondary N) is 2. The minimum absolute atomic E-state index is 0.0718. The fraction of sp³-hybridized carbons (Fsp3) is 0.538. The number of hydrogen-bond acceptors (Lipinski definition) is 4. The Labute approximate surface area is 107 Å². The van der Waals surface area contributed by atoms with E-state index in [0.717, 1.165) is 25.1 Å². The second kappa shape index (κ2) is 6.47. The minimum atomic E-state index is 0.0718. The standard InChI is InChI=1S/C13H19N3O2/c1-18-12-9-15-8-11(12)16-13(17)3-2-10-4-6-14-7-5-10/h4-7,11-12,15H,2-3,8-9H2,1H3,(H,16,17)/t11?,12-/m0/s1. The van der Waals surface area contributed by atoms with Gasteiger partial charge in [0.2, 0.25) is 5.91 Å². The van der Waals surface area contributed by atoms with E-state index in [-0.39, 0.29) is 18.1 Å². The van der Waals surface area contributed by atoms with Gasteiger partial charge in [-0.3, -0.25) is 9.78 Å². The van der Waals surface area contributed by atoms with Crippen molar-refractivity contribution in [3.05, 3.63) is 30.1 Å².